The van der Waals surface area contributed by atoms with Gasteiger partial charge in [-0.25, -0.2) is 0 Å². The van der Waals surface area contributed by atoms with Crippen LogP contribution in [0.4, 0.5) is 0 Å². The van der Waals surface area contributed by atoms with Gasteiger partial charge in [-0.15, -0.1) is 0 Å². The number of ketones is 1. The van der Waals surface area contributed by atoms with Crippen LogP contribution in [0.1, 0.15) is 57.6 Å². The standard InChI is InChI=1S/C18H25NO/c1-5-17(20)16-11-14-13-9-7-6-8-12(13)10-15(14)19(16)18(2,3)4/h6-9,14-16H,5,10-11H2,1-4H3. The molecule has 108 valence electrons. The highest BCUT2D eigenvalue weighted by atomic mass is 16.1. The predicted molar refractivity (Wildman–Crippen MR) is 82.0 cm³/mol. The summed E-state index contributed by atoms with van der Waals surface area (Å²) >= 11 is 0. The molecule has 0 aromatic heterocycles. The molecular weight excluding hydrogens is 246 g/mol. The molecule has 3 rings (SSSR count). The Kier molecular flexibility index (Phi) is 3.24. The maximum atomic E-state index is 12.4. The van der Waals surface area contributed by atoms with Crippen molar-refractivity contribution in [2.75, 3.05) is 0 Å². The summed E-state index contributed by atoms with van der Waals surface area (Å²) in [5, 5.41) is 0. The summed E-state index contributed by atoms with van der Waals surface area (Å²) in [6.45, 7) is 8.72. The summed E-state index contributed by atoms with van der Waals surface area (Å²) in [7, 11) is 0. The smallest absolute Gasteiger partial charge is 0.149 e. The Morgan fingerprint density at radius 3 is 2.65 bits per heavy atom. The van der Waals surface area contributed by atoms with E-state index in [4.69, 9.17) is 0 Å². The van der Waals surface area contributed by atoms with E-state index in [2.05, 4.69) is 49.9 Å². The third-order valence-electron chi connectivity index (χ3n) is 5.01. The summed E-state index contributed by atoms with van der Waals surface area (Å²) in [4.78, 5) is 14.9. The minimum Gasteiger partial charge on any atom is -0.298 e. The van der Waals surface area contributed by atoms with Gasteiger partial charge in [0.05, 0.1) is 6.04 Å². The lowest BCUT2D eigenvalue weighted by molar-refractivity contribution is -0.125. The maximum absolute atomic E-state index is 12.4. The zero-order valence-corrected chi connectivity index (χ0v) is 13.0. The average molecular weight is 271 g/mol. The molecular formula is C18H25NO. The van der Waals surface area contributed by atoms with Gasteiger partial charge in [0.15, 0.2) is 0 Å². The average Bonchev–Trinajstić information content (AvgIpc) is 2.92. The van der Waals surface area contributed by atoms with Gasteiger partial charge in [0, 0.05) is 23.9 Å². The zero-order valence-electron chi connectivity index (χ0n) is 13.0. The number of benzene rings is 1. The van der Waals surface area contributed by atoms with E-state index < -0.39 is 0 Å². The molecule has 20 heavy (non-hydrogen) atoms. The Labute approximate surface area is 122 Å². The first-order valence-electron chi connectivity index (χ1n) is 7.82. The number of hydrogen-bond donors (Lipinski definition) is 0. The van der Waals surface area contributed by atoms with Crippen LogP contribution in [0, 0.1) is 0 Å². The predicted octanol–water partition coefficient (Wildman–Crippen LogP) is 3.55. The molecule has 1 aliphatic carbocycles. The molecule has 1 saturated heterocycles. The molecule has 2 aliphatic rings. The quantitative estimate of drug-likeness (QED) is 0.820. The van der Waals surface area contributed by atoms with Gasteiger partial charge in [0.2, 0.25) is 0 Å². The topological polar surface area (TPSA) is 20.3 Å². The Morgan fingerprint density at radius 2 is 2.00 bits per heavy atom. The lowest BCUT2D eigenvalue weighted by atomic mass is 9.95. The summed E-state index contributed by atoms with van der Waals surface area (Å²) in [5.74, 6) is 0.956. The molecule has 0 bridgehead atoms. The van der Waals surface area contributed by atoms with Crippen molar-refractivity contribution >= 4 is 5.78 Å². The molecule has 3 atom stereocenters. The highest BCUT2D eigenvalue weighted by Crippen LogP contribution is 2.48. The van der Waals surface area contributed by atoms with Gasteiger partial charge in [-0.3, -0.25) is 9.69 Å². The third kappa shape index (κ3) is 2.01. The summed E-state index contributed by atoms with van der Waals surface area (Å²) in [6, 6.07) is 9.41. The van der Waals surface area contributed by atoms with Crippen molar-refractivity contribution in [3.8, 4) is 0 Å². The van der Waals surface area contributed by atoms with Crippen LogP contribution in [0.3, 0.4) is 0 Å². The van der Waals surface area contributed by atoms with Crippen LogP contribution < -0.4 is 0 Å². The van der Waals surface area contributed by atoms with Gasteiger partial charge in [0.1, 0.15) is 5.78 Å². The summed E-state index contributed by atoms with van der Waals surface area (Å²) in [5.41, 5.74) is 3.02. The Balaban J connectivity index is 1.99. The van der Waals surface area contributed by atoms with E-state index in [0.29, 0.717) is 24.2 Å². The van der Waals surface area contributed by atoms with Crippen LogP contribution in [-0.4, -0.2) is 28.3 Å². The molecule has 2 nitrogen and oxygen atoms in total. The van der Waals surface area contributed by atoms with Crippen LogP contribution in [0.5, 0.6) is 0 Å². The molecule has 3 unspecified atom stereocenters. The first-order chi connectivity index (χ1) is 9.43. The molecule has 0 spiro atoms. The fourth-order valence-corrected chi connectivity index (χ4v) is 4.31. The SMILES string of the molecule is CCC(=O)C1CC2c3ccccc3CC2N1C(C)(C)C. The van der Waals surface area contributed by atoms with Gasteiger partial charge in [-0.05, 0) is 44.7 Å². The summed E-state index contributed by atoms with van der Waals surface area (Å²) in [6.07, 6.45) is 2.76. The normalized spacial score (nSPS) is 29.3. The Bertz CT molecular complexity index is 528. The number of carbonyl (C=O) groups is 1. The molecule has 2 heteroatoms. The largest absolute Gasteiger partial charge is 0.298 e. The van der Waals surface area contributed by atoms with Crippen molar-refractivity contribution in [1.82, 2.24) is 4.90 Å². The minimum atomic E-state index is 0.0525. The van der Waals surface area contributed by atoms with Crippen molar-refractivity contribution < 1.29 is 4.79 Å². The van der Waals surface area contributed by atoms with Gasteiger partial charge in [0.25, 0.3) is 0 Å². The maximum Gasteiger partial charge on any atom is 0.149 e. The number of hydrogen-bond acceptors (Lipinski definition) is 2. The second-order valence-electron chi connectivity index (χ2n) is 7.23. The highest BCUT2D eigenvalue weighted by Gasteiger charge is 2.51. The lowest BCUT2D eigenvalue weighted by Gasteiger charge is -2.40. The fraction of sp³-hybridized carbons (Fsp3) is 0.611. The Morgan fingerprint density at radius 1 is 1.30 bits per heavy atom. The van der Waals surface area contributed by atoms with Gasteiger partial charge in [-0.1, -0.05) is 31.2 Å². The third-order valence-corrected chi connectivity index (χ3v) is 5.01. The van der Waals surface area contributed by atoms with Gasteiger partial charge in [-0.2, -0.15) is 0 Å². The zero-order chi connectivity index (χ0) is 14.5. The molecule has 1 aromatic carbocycles. The van der Waals surface area contributed by atoms with Crippen molar-refractivity contribution in [3.63, 3.8) is 0 Å². The second-order valence-corrected chi connectivity index (χ2v) is 7.23. The van der Waals surface area contributed by atoms with Crippen LogP contribution in [-0.2, 0) is 11.2 Å². The molecule has 0 saturated carbocycles. The van der Waals surface area contributed by atoms with E-state index in [1.807, 2.05) is 6.92 Å². The highest BCUT2D eigenvalue weighted by molar-refractivity contribution is 5.84. The van der Waals surface area contributed by atoms with E-state index >= 15 is 0 Å². The van der Waals surface area contributed by atoms with E-state index in [0.717, 1.165) is 12.8 Å². The molecule has 0 amide bonds. The van der Waals surface area contributed by atoms with Crippen LogP contribution in [0.15, 0.2) is 24.3 Å². The number of nitrogens with zero attached hydrogens (tertiary/aromatic N) is 1. The first-order valence-corrected chi connectivity index (χ1v) is 7.82. The molecule has 1 aliphatic heterocycles. The van der Waals surface area contributed by atoms with Crippen LogP contribution in [0.25, 0.3) is 0 Å². The number of likely N-dealkylation sites (tertiary alicyclic amines) is 1. The van der Waals surface area contributed by atoms with Crippen molar-refractivity contribution in [3.05, 3.63) is 35.4 Å². The molecule has 0 N–H and O–H groups in total. The van der Waals surface area contributed by atoms with E-state index in [1.165, 1.54) is 11.1 Å². The molecule has 1 fully saturated rings. The van der Waals surface area contributed by atoms with E-state index in [9.17, 15) is 4.79 Å². The van der Waals surface area contributed by atoms with Crippen molar-refractivity contribution in [2.45, 2.75) is 70.5 Å². The Hall–Kier alpha value is -1.15. The minimum absolute atomic E-state index is 0.0525. The lowest BCUT2D eigenvalue weighted by Crippen LogP contribution is -2.52. The summed E-state index contributed by atoms with van der Waals surface area (Å²) < 4.78 is 0. The van der Waals surface area contributed by atoms with Gasteiger partial charge >= 0.3 is 0 Å². The number of fused-ring (bicyclic) bond motifs is 3. The van der Waals surface area contributed by atoms with E-state index in [-0.39, 0.29) is 11.6 Å². The number of Topliss-reactive ketones (excluding diaryl/α,β-unsaturated/α-hetero) is 1. The monoisotopic (exact) mass is 271 g/mol. The molecule has 1 aromatic rings. The fourth-order valence-electron chi connectivity index (χ4n) is 4.31. The van der Waals surface area contributed by atoms with E-state index in [1.54, 1.807) is 0 Å². The van der Waals surface area contributed by atoms with Crippen LogP contribution in [0.2, 0.25) is 0 Å². The molecule has 0 radical (unpaired) electrons. The van der Waals surface area contributed by atoms with Crippen molar-refractivity contribution in [1.29, 1.82) is 0 Å². The number of rotatable bonds is 2. The number of carbonyl (C=O) groups excluding carboxylic acids is 1. The van der Waals surface area contributed by atoms with Crippen molar-refractivity contribution in [2.24, 2.45) is 0 Å². The first kappa shape index (κ1) is 13.8. The van der Waals surface area contributed by atoms with Gasteiger partial charge < -0.3 is 0 Å². The molecule has 1 heterocycles. The second kappa shape index (κ2) is 4.70. The van der Waals surface area contributed by atoms with Crippen LogP contribution >= 0.6 is 0 Å².